The highest BCUT2D eigenvalue weighted by atomic mass is 16.5. The molecule has 0 aromatic heterocycles. The molecule has 1 rings (SSSR count). The van der Waals surface area contributed by atoms with Gasteiger partial charge in [0.05, 0.1) is 12.8 Å². The lowest BCUT2D eigenvalue weighted by molar-refractivity contribution is -0.121. The van der Waals surface area contributed by atoms with Gasteiger partial charge >= 0.3 is 0 Å². The Labute approximate surface area is 108 Å². The summed E-state index contributed by atoms with van der Waals surface area (Å²) in [4.78, 5) is 11.3. The quantitative estimate of drug-likeness (QED) is 0.596. The van der Waals surface area contributed by atoms with E-state index in [4.69, 9.17) is 4.74 Å². The fraction of sp³-hybridized carbons (Fsp3) is 0.429. The summed E-state index contributed by atoms with van der Waals surface area (Å²) in [7, 11) is 0. The fourth-order valence-corrected chi connectivity index (χ4v) is 1.44. The Hall–Kier alpha value is -1.84. The summed E-state index contributed by atoms with van der Waals surface area (Å²) in [6.45, 7) is 4.59. The van der Waals surface area contributed by atoms with Gasteiger partial charge in [0.2, 0.25) is 5.91 Å². The molecule has 4 heteroatoms. The second kappa shape index (κ2) is 8.28. The van der Waals surface area contributed by atoms with E-state index in [0.29, 0.717) is 13.0 Å². The molecule has 1 N–H and O–H groups in total. The van der Waals surface area contributed by atoms with Crippen LogP contribution in [0.2, 0.25) is 0 Å². The molecule has 0 fully saturated rings. The van der Waals surface area contributed by atoms with Gasteiger partial charge in [-0.15, -0.1) is 0 Å². The zero-order valence-corrected chi connectivity index (χ0v) is 11.0. The van der Waals surface area contributed by atoms with Gasteiger partial charge in [-0.1, -0.05) is 25.5 Å². The van der Waals surface area contributed by atoms with Crippen molar-refractivity contribution >= 4 is 12.1 Å². The van der Waals surface area contributed by atoms with E-state index in [1.807, 2.05) is 31.2 Å². The molecule has 0 saturated carbocycles. The maximum Gasteiger partial charge on any atom is 0.240 e. The third-order valence-electron chi connectivity index (χ3n) is 2.37. The van der Waals surface area contributed by atoms with Gasteiger partial charge in [0.1, 0.15) is 5.75 Å². The van der Waals surface area contributed by atoms with Crippen LogP contribution in [0.25, 0.3) is 0 Å². The molecule has 1 amide bonds. The third-order valence-corrected chi connectivity index (χ3v) is 2.37. The number of carbonyl (C=O) groups excluding carboxylic acids is 1. The van der Waals surface area contributed by atoms with E-state index < -0.39 is 0 Å². The van der Waals surface area contributed by atoms with E-state index in [-0.39, 0.29) is 5.91 Å². The lowest BCUT2D eigenvalue weighted by Gasteiger charge is -2.05. The summed E-state index contributed by atoms with van der Waals surface area (Å²) < 4.78 is 5.46. The van der Waals surface area contributed by atoms with Crippen molar-refractivity contribution in [3.8, 4) is 5.75 Å². The number of ether oxygens (including phenoxy) is 1. The zero-order chi connectivity index (χ0) is 13.2. The Bertz CT molecular complexity index is 403. The molecule has 0 heterocycles. The second-order valence-corrected chi connectivity index (χ2v) is 3.87. The molecule has 0 spiro atoms. The molecule has 98 valence electrons. The summed E-state index contributed by atoms with van der Waals surface area (Å²) >= 11 is 0. The summed E-state index contributed by atoms with van der Waals surface area (Å²) in [6.07, 6.45) is 4.01. The SMILES string of the molecule is CCCCC(=O)N/N=C/c1ccccc1OCC. The Morgan fingerprint density at radius 2 is 2.17 bits per heavy atom. The average Bonchev–Trinajstić information content (AvgIpc) is 2.38. The minimum Gasteiger partial charge on any atom is -0.493 e. The number of nitrogens with zero attached hydrogens (tertiary/aromatic N) is 1. The molecular formula is C14H20N2O2. The molecule has 0 saturated heterocycles. The molecule has 4 nitrogen and oxygen atoms in total. The van der Waals surface area contributed by atoms with E-state index in [0.717, 1.165) is 24.2 Å². The topological polar surface area (TPSA) is 50.7 Å². The molecule has 0 aliphatic heterocycles. The van der Waals surface area contributed by atoms with Crippen molar-refractivity contribution in [1.82, 2.24) is 5.43 Å². The number of hydrogen-bond acceptors (Lipinski definition) is 3. The predicted octanol–water partition coefficient (Wildman–Crippen LogP) is 2.73. The van der Waals surface area contributed by atoms with Crippen LogP contribution in [0.1, 0.15) is 38.7 Å². The molecule has 1 aromatic rings. The number of amides is 1. The highest BCUT2D eigenvalue weighted by Gasteiger charge is 2.00. The first-order valence-electron chi connectivity index (χ1n) is 6.31. The summed E-state index contributed by atoms with van der Waals surface area (Å²) in [5, 5.41) is 3.93. The van der Waals surface area contributed by atoms with Gasteiger partial charge in [-0.05, 0) is 25.5 Å². The van der Waals surface area contributed by atoms with Crippen LogP contribution in [0.4, 0.5) is 0 Å². The monoisotopic (exact) mass is 248 g/mol. The minimum atomic E-state index is -0.0537. The zero-order valence-electron chi connectivity index (χ0n) is 11.0. The molecule has 0 radical (unpaired) electrons. The maximum atomic E-state index is 11.3. The molecular weight excluding hydrogens is 228 g/mol. The van der Waals surface area contributed by atoms with Crippen LogP contribution in [-0.4, -0.2) is 18.7 Å². The maximum absolute atomic E-state index is 11.3. The van der Waals surface area contributed by atoms with E-state index in [9.17, 15) is 4.79 Å². The van der Waals surface area contributed by atoms with Crippen LogP contribution in [0.3, 0.4) is 0 Å². The highest BCUT2D eigenvalue weighted by Crippen LogP contribution is 2.15. The number of para-hydroxylation sites is 1. The van der Waals surface area contributed by atoms with Crippen LogP contribution in [-0.2, 0) is 4.79 Å². The van der Waals surface area contributed by atoms with Crippen LogP contribution in [0.5, 0.6) is 5.75 Å². The molecule has 0 atom stereocenters. The van der Waals surface area contributed by atoms with Crippen LogP contribution in [0.15, 0.2) is 29.4 Å². The smallest absolute Gasteiger partial charge is 0.240 e. The number of hydrogen-bond donors (Lipinski definition) is 1. The Balaban J connectivity index is 2.53. The predicted molar refractivity (Wildman–Crippen MR) is 72.9 cm³/mol. The highest BCUT2D eigenvalue weighted by molar-refractivity contribution is 5.85. The summed E-state index contributed by atoms with van der Waals surface area (Å²) in [6, 6.07) is 7.58. The van der Waals surface area contributed by atoms with Crippen LogP contribution in [0, 0.1) is 0 Å². The minimum absolute atomic E-state index is 0.0537. The molecule has 0 unspecified atom stereocenters. The van der Waals surface area contributed by atoms with Crippen LogP contribution >= 0.6 is 0 Å². The average molecular weight is 248 g/mol. The summed E-state index contributed by atoms with van der Waals surface area (Å²) in [5.41, 5.74) is 3.37. The number of hydrazone groups is 1. The van der Waals surface area contributed by atoms with Crippen molar-refractivity contribution < 1.29 is 9.53 Å². The number of nitrogens with one attached hydrogen (secondary N) is 1. The Morgan fingerprint density at radius 3 is 2.89 bits per heavy atom. The van der Waals surface area contributed by atoms with Crippen molar-refractivity contribution in [3.05, 3.63) is 29.8 Å². The van der Waals surface area contributed by atoms with Crippen LogP contribution < -0.4 is 10.2 Å². The van der Waals surface area contributed by atoms with Crippen molar-refractivity contribution in [3.63, 3.8) is 0 Å². The lowest BCUT2D eigenvalue weighted by Crippen LogP contribution is -2.16. The van der Waals surface area contributed by atoms with Gasteiger partial charge in [0.25, 0.3) is 0 Å². The number of rotatable bonds is 7. The number of benzene rings is 1. The third kappa shape index (κ3) is 4.99. The van der Waals surface area contributed by atoms with E-state index in [1.54, 1.807) is 6.21 Å². The van der Waals surface area contributed by atoms with Gasteiger partial charge < -0.3 is 4.74 Å². The Morgan fingerprint density at radius 1 is 1.39 bits per heavy atom. The Kier molecular flexibility index (Phi) is 6.54. The molecule has 0 aliphatic rings. The van der Waals surface area contributed by atoms with E-state index in [2.05, 4.69) is 17.5 Å². The first-order chi connectivity index (χ1) is 8.77. The van der Waals surface area contributed by atoms with E-state index >= 15 is 0 Å². The van der Waals surface area contributed by atoms with Crippen molar-refractivity contribution in [1.29, 1.82) is 0 Å². The molecule has 1 aromatic carbocycles. The van der Waals surface area contributed by atoms with Gasteiger partial charge in [-0.2, -0.15) is 5.10 Å². The van der Waals surface area contributed by atoms with Gasteiger partial charge in [-0.25, -0.2) is 5.43 Å². The first-order valence-corrected chi connectivity index (χ1v) is 6.31. The standard InChI is InChI=1S/C14H20N2O2/c1-3-5-10-14(17)16-15-11-12-8-6-7-9-13(12)18-4-2/h6-9,11H,3-5,10H2,1-2H3,(H,16,17)/b15-11+. The number of carbonyl (C=O) groups is 1. The van der Waals surface area contributed by atoms with Gasteiger partial charge in [-0.3, -0.25) is 4.79 Å². The lowest BCUT2D eigenvalue weighted by atomic mass is 10.2. The first kappa shape index (κ1) is 14.2. The molecule has 18 heavy (non-hydrogen) atoms. The van der Waals surface area contributed by atoms with Gasteiger partial charge in [0.15, 0.2) is 0 Å². The van der Waals surface area contributed by atoms with Crippen molar-refractivity contribution in [2.75, 3.05) is 6.61 Å². The van der Waals surface area contributed by atoms with Gasteiger partial charge in [0, 0.05) is 12.0 Å². The van der Waals surface area contributed by atoms with Crippen molar-refractivity contribution in [2.24, 2.45) is 5.10 Å². The van der Waals surface area contributed by atoms with E-state index in [1.165, 1.54) is 0 Å². The van der Waals surface area contributed by atoms with Crippen molar-refractivity contribution in [2.45, 2.75) is 33.1 Å². The largest absolute Gasteiger partial charge is 0.493 e. The second-order valence-electron chi connectivity index (χ2n) is 3.87. The fourth-order valence-electron chi connectivity index (χ4n) is 1.44. The molecule has 0 aliphatic carbocycles. The summed E-state index contributed by atoms with van der Waals surface area (Å²) in [5.74, 6) is 0.716. The molecule has 0 bridgehead atoms. The number of unbranched alkanes of at least 4 members (excludes halogenated alkanes) is 1. The normalized spacial score (nSPS) is 10.6.